The summed E-state index contributed by atoms with van der Waals surface area (Å²) in [4.78, 5) is 28.8. The van der Waals surface area contributed by atoms with Crippen LogP contribution in [-0.4, -0.2) is 43.8 Å². The zero-order chi connectivity index (χ0) is 33.8. The average molecular weight is 719 g/mol. The molecule has 2 amide bonds. The van der Waals surface area contributed by atoms with Crippen LogP contribution >= 0.6 is 34.8 Å². The van der Waals surface area contributed by atoms with Gasteiger partial charge in [-0.2, -0.15) is 13.2 Å². The van der Waals surface area contributed by atoms with Crippen molar-refractivity contribution in [1.29, 1.82) is 0 Å². The number of nitrogens with one attached hydrogen (secondary N) is 1. The van der Waals surface area contributed by atoms with Gasteiger partial charge in [-0.05, 0) is 74.2 Å². The standard InChI is InChI=1S/C32H33Cl3F3N3O4S/c1-3-29(31(43)39-22-6-4-5-7-22)40(18-21-10-14-27(34)28(35)16-21)30(42)19-41(46(44,45)24-12-8-20(2)9-13-24)23-11-15-26(33)25(17-23)32(36,37)38/h8-17,22,29H,3-7,18-19H2,1-2H3,(H,39,43). The van der Waals surface area contributed by atoms with Gasteiger partial charge in [-0.1, -0.05) is 78.3 Å². The summed E-state index contributed by atoms with van der Waals surface area (Å²) in [5.41, 5.74) is -0.435. The minimum atomic E-state index is -4.90. The highest BCUT2D eigenvalue weighted by Gasteiger charge is 2.37. The number of carbonyl (C=O) groups excluding carboxylic acids is 2. The maximum atomic E-state index is 14.2. The van der Waals surface area contributed by atoms with Gasteiger partial charge in [0.1, 0.15) is 12.6 Å². The van der Waals surface area contributed by atoms with E-state index in [9.17, 15) is 31.2 Å². The number of alkyl halides is 3. The van der Waals surface area contributed by atoms with Crippen molar-refractivity contribution in [2.75, 3.05) is 10.8 Å². The van der Waals surface area contributed by atoms with Crippen LogP contribution in [0, 0.1) is 6.92 Å². The van der Waals surface area contributed by atoms with Crippen LogP contribution in [0.15, 0.2) is 65.6 Å². The van der Waals surface area contributed by atoms with Gasteiger partial charge in [0.15, 0.2) is 0 Å². The number of hydrogen-bond acceptors (Lipinski definition) is 4. The van der Waals surface area contributed by atoms with E-state index in [1.807, 2.05) is 0 Å². The predicted octanol–water partition coefficient (Wildman–Crippen LogP) is 8.04. The minimum absolute atomic E-state index is 0.0586. The monoisotopic (exact) mass is 717 g/mol. The van der Waals surface area contributed by atoms with Crippen LogP contribution < -0.4 is 9.62 Å². The Morgan fingerprint density at radius 1 is 0.935 bits per heavy atom. The van der Waals surface area contributed by atoms with Crippen LogP contribution in [0.4, 0.5) is 18.9 Å². The number of halogens is 6. The molecule has 0 spiro atoms. The Kier molecular flexibility index (Phi) is 11.6. The van der Waals surface area contributed by atoms with E-state index in [1.54, 1.807) is 19.9 Å². The zero-order valence-electron chi connectivity index (χ0n) is 25.1. The Morgan fingerprint density at radius 2 is 1.57 bits per heavy atom. The first-order valence-corrected chi connectivity index (χ1v) is 17.2. The summed E-state index contributed by atoms with van der Waals surface area (Å²) in [6.07, 6.45) is -1.22. The van der Waals surface area contributed by atoms with Gasteiger partial charge in [0.25, 0.3) is 10.0 Å². The molecule has 1 fully saturated rings. The molecule has 0 radical (unpaired) electrons. The second-order valence-electron chi connectivity index (χ2n) is 11.2. The second kappa shape index (κ2) is 14.8. The fourth-order valence-electron chi connectivity index (χ4n) is 5.37. The summed E-state index contributed by atoms with van der Waals surface area (Å²) in [5, 5.41) is 2.84. The van der Waals surface area contributed by atoms with Gasteiger partial charge in [0.2, 0.25) is 11.8 Å². The van der Waals surface area contributed by atoms with Gasteiger partial charge in [-0.15, -0.1) is 0 Å². The molecule has 1 saturated carbocycles. The highest BCUT2D eigenvalue weighted by Crippen LogP contribution is 2.38. The van der Waals surface area contributed by atoms with E-state index in [-0.39, 0.29) is 33.9 Å². The molecule has 3 aromatic carbocycles. The molecule has 46 heavy (non-hydrogen) atoms. The molecule has 0 aromatic heterocycles. The summed E-state index contributed by atoms with van der Waals surface area (Å²) in [6.45, 7) is 2.39. The number of benzene rings is 3. The lowest BCUT2D eigenvalue weighted by Crippen LogP contribution is -2.53. The first-order valence-electron chi connectivity index (χ1n) is 14.6. The summed E-state index contributed by atoms with van der Waals surface area (Å²) >= 11 is 18.2. The molecule has 1 aliphatic carbocycles. The lowest BCUT2D eigenvalue weighted by Gasteiger charge is -2.34. The van der Waals surface area contributed by atoms with Crippen molar-refractivity contribution in [2.24, 2.45) is 0 Å². The Hall–Kier alpha value is -2.99. The fourth-order valence-corrected chi connectivity index (χ4v) is 7.32. The number of carbonyl (C=O) groups is 2. The third kappa shape index (κ3) is 8.48. The zero-order valence-corrected chi connectivity index (χ0v) is 28.2. The Morgan fingerprint density at radius 3 is 2.15 bits per heavy atom. The number of nitrogens with zero attached hydrogens (tertiary/aromatic N) is 2. The Balaban J connectivity index is 1.79. The van der Waals surface area contributed by atoms with E-state index in [0.29, 0.717) is 15.9 Å². The summed E-state index contributed by atoms with van der Waals surface area (Å²) in [7, 11) is -4.59. The second-order valence-corrected chi connectivity index (χ2v) is 14.3. The van der Waals surface area contributed by atoms with Crippen molar-refractivity contribution < 1.29 is 31.2 Å². The summed E-state index contributed by atoms with van der Waals surface area (Å²) < 4.78 is 70.2. The number of sulfonamides is 1. The van der Waals surface area contributed by atoms with Crippen LogP contribution in [0.2, 0.25) is 15.1 Å². The van der Waals surface area contributed by atoms with Crippen LogP contribution in [0.3, 0.4) is 0 Å². The smallest absolute Gasteiger partial charge is 0.352 e. The third-order valence-corrected chi connectivity index (χ3v) is 10.7. The van der Waals surface area contributed by atoms with Crippen molar-refractivity contribution in [3.05, 3.63) is 92.4 Å². The van der Waals surface area contributed by atoms with Crippen LogP contribution in [0.1, 0.15) is 55.7 Å². The molecular formula is C32H33Cl3F3N3O4S. The van der Waals surface area contributed by atoms with Crippen molar-refractivity contribution in [3.63, 3.8) is 0 Å². The lowest BCUT2D eigenvalue weighted by atomic mass is 10.1. The number of amides is 2. The molecule has 0 bridgehead atoms. The third-order valence-electron chi connectivity index (χ3n) is 7.86. The molecule has 0 aliphatic heterocycles. The van der Waals surface area contributed by atoms with Crippen molar-refractivity contribution in [2.45, 2.75) is 75.7 Å². The van der Waals surface area contributed by atoms with E-state index in [4.69, 9.17) is 34.8 Å². The predicted molar refractivity (Wildman–Crippen MR) is 174 cm³/mol. The molecule has 14 heteroatoms. The van der Waals surface area contributed by atoms with Crippen LogP contribution in [0.5, 0.6) is 0 Å². The summed E-state index contributed by atoms with van der Waals surface area (Å²) in [5.74, 6) is -1.24. The van der Waals surface area contributed by atoms with Crippen LogP contribution in [-0.2, 0) is 32.3 Å². The Bertz CT molecular complexity index is 1680. The van der Waals surface area contributed by atoms with Gasteiger partial charge in [-0.3, -0.25) is 13.9 Å². The van der Waals surface area contributed by atoms with Gasteiger partial charge >= 0.3 is 6.18 Å². The molecule has 4 rings (SSSR count). The first-order chi connectivity index (χ1) is 21.6. The van der Waals surface area contributed by atoms with Gasteiger partial charge in [0.05, 0.1) is 31.2 Å². The number of hydrogen-bond donors (Lipinski definition) is 1. The van der Waals surface area contributed by atoms with Gasteiger partial charge < -0.3 is 10.2 Å². The highest BCUT2D eigenvalue weighted by molar-refractivity contribution is 7.92. The van der Waals surface area contributed by atoms with Crippen LogP contribution in [0.25, 0.3) is 0 Å². The SMILES string of the molecule is CCC(C(=O)NC1CCCC1)N(Cc1ccc(Cl)c(Cl)c1)C(=O)CN(c1ccc(Cl)c(C(F)(F)F)c1)S(=O)(=O)c1ccc(C)cc1. The Labute approximate surface area is 281 Å². The maximum Gasteiger partial charge on any atom is 0.417 e. The maximum absolute atomic E-state index is 14.2. The molecule has 1 unspecified atom stereocenters. The number of anilines is 1. The van der Waals surface area contributed by atoms with E-state index in [1.165, 1.54) is 41.3 Å². The first kappa shape index (κ1) is 35.9. The molecule has 0 heterocycles. The molecule has 1 aliphatic rings. The van der Waals surface area contributed by atoms with E-state index in [0.717, 1.165) is 43.4 Å². The lowest BCUT2D eigenvalue weighted by molar-refractivity contribution is -0.140. The van der Waals surface area contributed by atoms with Gasteiger partial charge in [0, 0.05) is 12.6 Å². The average Bonchev–Trinajstić information content (AvgIpc) is 3.50. The largest absolute Gasteiger partial charge is 0.417 e. The molecule has 0 saturated heterocycles. The molecule has 3 aromatic rings. The quantitative estimate of drug-likeness (QED) is 0.218. The van der Waals surface area contributed by atoms with Crippen molar-refractivity contribution in [3.8, 4) is 0 Å². The molecule has 248 valence electrons. The minimum Gasteiger partial charge on any atom is -0.352 e. The molecule has 1 N–H and O–H groups in total. The number of rotatable bonds is 11. The normalized spacial score (nSPS) is 14.6. The van der Waals surface area contributed by atoms with Crippen molar-refractivity contribution in [1.82, 2.24) is 10.2 Å². The van der Waals surface area contributed by atoms with E-state index in [2.05, 4.69) is 5.32 Å². The van der Waals surface area contributed by atoms with E-state index < -0.39 is 56.9 Å². The number of aryl methyl sites for hydroxylation is 1. The fraction of sp³-hybridized carbons (Fsp3) is 0.375. The molecule has 7 nitrogen and oxygen atoms in total. The van der Waals surface area contributed by atoms with Crippen molar-refractivity contribution >= 4 is 62.3 Å². The molecular weight excluding hydrogens is 686 g/mol. The highest BCUT2D eigenvalue weighted by atomic mass is 35.5. The summed E-state index contributed by atoms with van der Waals surface area (Å²) in [6, 6.07) is 11.9. The molecule has 1 atom stereocenters. The van der Waals surface area contributed by atoms with Gasteiger partial charge in [-0.25, -0.2) is 8.42 Å². The van der Waals surface area contributed by atoms with E-state index >= 15 is 0 Å². The topological polar surface area (TPSA) is 86.8 Å².